The van der Waals surface area contributed by atoms with Crippen LogP contribution in [0.4, 0.5) is 5.69 Å². The molecule has 0 aliphatic carbocycles. The topological polar surface area (TPSA) is 135 Å². The standard InChI is InChI=1S/C22H20N4O4S2/c1-31(27,28)26-17-10-6-15(7-11-17)8-13-22-24-19-12-9-16(14-20(19)25-22)18-4-2-3-5-21(18)32(23,29)30/h2-14,26H,1H3,(H,24,25)(H2,23,29,30)/b13-8+. The maximum Gasteiger partial charge on any atom is 0.238 e. The first-order valence-electron chi connectivity index (χ1n) is 9.46. The number of benzene rings is 3. The van der Waals surface area contributed by atoms with Crippen LogP contribution in [0, 0.1) is 0 Å². The molecular formula is C22H20N4O4S2. The van der Waals surface area contributed by atoms with Crippen molar-refractivity contribution in [2.75, 3.05) is 11.0 Å². The van der Waals surface area contributed by atoms with E-state index in [1.54, 1.807) is 54.6 Å². The number of imidazole rings is 1. The van der Waals surface area contributed by atoms with E-state index < -0.39 is 20.0 Å². The zero-order chi connectivity index (χ0) is 22.9. The van der Waals surface area contributed by atoms with Crippen molar-refractivity contribution >= 4 is 48.9 Å². The van der Waals surface area contributed by atoms with Crippen molar-refractivity contribution < 1.29 is 16.8 Å². The molecular weight excluding hydrogens is 448 g/mol. The molecule has 3 aromatic carbocycles. The molecule has 0 aliphatic rings. The molecule has 0 saturated carbocycles. The molecule has 0 amide bonds. The summed E-state index contributed by atoms with van der Waals surface area (Å²) < 4.78 is 48.8. The normalized spacial score (nSPS) is 12.4. The van der Waals surface area contributed by atoms with Crippen molar-refractivity contribution in [3.8, 4) is 11.1 Å². The number of hydrogen-bond donors (Lipinski definition) is 3. The van der Waals surface area contributed by atoms with Crippen molar-refractivity contribution in [1.82, 2.24) is 9.97 Å². The highest BCUT2D eigenvalue weighted by Crippen LogP contribution is 2.29. The summed E-state index contributed by atoms with van der Waals surface area (Å²) in [6, 6.07) is 18.9. The van der Waals surface area contributed by atoms with E-state index in [4.69, 9.17) is 5.14 Å². The molecule has 1 aromatic heterocycles. The minimum atomic E-state index is -3.86. The predicted molar refractivity (Wildman–Crippen MR) is 127 cm³/mol. The second-order valence-corrected chi connectivity index (χ2v) is 10.5. The summed E-state index contributed by atoms with van der Waals surface area (Å²) in [5.41, 5.74) is 4.06. The minimum Gasteiger partial charge on any atom is -0.338 e. The fraction of sp³-hybridized carbons (Fsp3) is 0.0455. The molecule has 0 bridgehead atoms. The van der Waals surface area contributed by atoms with Gasteiger partial charge < -0.3 is 4.98 Å². The van der Waals surface area contributed by atoms with Gasteiger partial charge in [-0.2, -0.15) is 0 Å². The lowest BCUT2D eigenvalue weighted by Gasteiger charge is -2.07. The smallest absolute Gasteiger partial charge is 0.238 e. The molecule has 0 spiro atoms. The molecule has 32 heavy (non-hydrogen) atoms. The summed E-state index contributed by atoms with van der Waals surface area (Å²) in [5.74, 6) is 0.621. The Bertz CT molecular complexity index is 1540. The molecule has 10 heteroatoms. The fourth-order valence-electron chi connectivity index (χ4n) is 3.28. The van der Waals surface area contributed by atoms with Gasteiger partial charge in [0.1, 0.15) is 5.82 Å². The molecule has 4 N–H and O–H groups in total. The summed E-state index contributed by atoms with van der Waals surface area (Å²) in [6.07, 6.45) is 4.75. The van der Waals surface area contributed by atoms with Crippen LogP contribution < -0.4 is 9.86 Å². The number of primary sulfonamides is 1. The first-order chi connectivity index (χ1) is 15.1. The Hall–Kier alpha value is -3.47. The minimum absolute atomic E-state index is 0.0628. The number of rotatable bonds is 6. The number of aromatic nitrogens is 2. The molecule has 0 saturated heterocycles. The first-order valence-corrected chi connectivity index (χ1v) is 12.9. The lowest BCUT2D eigenvalue weighted by molar-refractivity contribution is 0.597. The van der Waals surface area contributed by atoms with Crippen LogP contribution in [0.2, 0.25) is 0 Å². The van der Waals surface area contributed by atoms with Crippen LogP contribution in [-0.4, -0.2) is 33.1 Å². The second-order valence-electron chi connectivity index (χ2n) is 7.22. The first kappa shape index (κ1) is 21.8. The van der Waals surface area contributed by atoms with Crippen LogP contribution >= 0.6 is 0 Å². The van der Waals surface area contributed by atoms with E-state index in [1.807, 2.05) is 18.2 Å². The lowest BCUT2D eigenvalue weighted by Crippen LogP contribution is -2.13. The lowest BCUT2D eigenvalue weighted by atomic mass is 10.1. The highest BCUT2D eigenvalue weighted by Gasteiger charge is 2.15. The molecule has 0 atom stereocenters. The Labute approximate surface area is 185 Å². The predicted octanol–water partition coefficient (Wildman–Crippen LogP) is 3.42. The third kappa shape index (κ3) is 5.05. The average molecular weight is 469 g/mol. The summed E-state index contributed by atoms with van der Waals surface area (Å²) in [5, 5.41) is 5.36. The van der Waals surface area contributed by atoms with Gasteiger partial charge in [-0.05, 0) is 47.5 Å². The summed E-state index contributed by atoms with van der Waals surface area (Å²) in [6.45, 7) is 0. The van der Waals surface area contributed by atoms with Crippen LogP contribution in [0.25, 0.3) is 34.3 Å². The summed E-state index contributed by atoms with van der Waals surface area (Å²) >= 11 is 0. The quantitative estimate of drug-likeness (QED) is 0.398. The Kier molecular flexibility index (Phi) is 5.59. The molecule has 1 heterocycles. The highest BCUT2D eigenvalue weighted by atomic mass is 32.2. The molecule has 0 fully saturated rings. The SMILES string of the molecule is CS(=O)(=O)Nc1ccc(/C=C/c2nc3ccc(-c4ccccc4S(N)(=O)=O)cc3[nH]2)cc1. The van der Waals surface area contributed by atoms with Gasteiger partial charge in [0.25, 0.3) is 0 Å². The number of nitrogens with two attached hydrogens (primary N) is 1. The number of nitrogens with one attached hydrogen (secondary N) is 2. The summed E-state index contributed by atoms with van der Waals surface area (Å²) in [7, 11) is -7.18. The van der Waals surface area contributed by atoms with E-state index in [9.17, 15) is 16.8 Å². The molecule has 0 unspecified atom stereocenters. The van der Waals surface area contributed by atoms with E-state index in [1.165, 1.54) is 6.07 Å². The van der Waals surface area contributed by atoms with E-state index in [0.29, 0.717) is 22.6 Å². The van der Waals surface area contributed by atoms with E-state index in [0.717, 1.165) is 22.9 Å². The van der Waals surface area contributed by atoms with Gasteiger partial charge in [-0.25, -0.2) is 27.0 Å². The van der Waals surface area contributed by atoms with Crippen LogP contribution in [-0.2, 0) is 20.0 Å². The third-order valence-corrected chi connectivity index (χ3v) is 6.23. The van der Waals surface area contributed by atoms with Gasteiger partial charge in [-0.15, -0.1) is 0 Å². The largest absolute Gasteiger partial charge is 0.338 e. The van der Waals surface area contributed by atoms with Gasteiger partial charge >= 0.3 is 0 Å². The molecule has 0 aliphatic heterocycles. The molecule has 8 nitrogen and oxygen atoms in total. The van der Waals surface area contributed by atoms with Crippen molar-refractivity contribution in [3.63, 3.8) is 0 Å². The number of fused-ring (bicyclic) bond motifs is 1. The van der Waals surface area contributed by atoms with Gasteiger partial charge in [0.15, 0.2) is 0 Å². The van der Waals surface area contributed by atoms with E-state index >= 15 is 0 Å². The summed E-state index contributed by atoms with van der Waals surface area (Å²) in [4.78, 5) is 7.79. The Morgan fingerprint density at radius 3 is 2.34 bits per heavy atom. The zero-order valence-corrected chi connectivity index (χ0v) is 18.6. The maximum absolute atomic E-state index is 11.9. The van der Waals surface area contributed by atoms with Crippen LogP contribution in [0.3, 0.4) is 0 Å². The maximum atomic E-state index is 11.9. The van der Waals surface area contributed by atoms with Gasteiger partial charge in [-0.1, -0.05) is 42.5 Å². The van der Waals surface area contributed by atoms with Gasteiger partial charge in [-0.3, -0.25) is 4.72 Å². The number of sulfonamides is 2. The highest BCUT2D eigenvalue weighted by molar-refractivity contribution is 7.92. The number of anilines is 1. The van der Waals surface area contributed by atoms with Crippen LogP contribution in [0.1, 0.15) is 11.4 Å². The molecule has 164 valence electrons. The second kappa shape index (κ2) is 8.23. The zero-order valence-electron chi connectivity index (χ0n) is 17.0. The Morgan fingerprint density at radius 2 is 1.66 bits per heavy atom. The fourth-order valence-corrected chi connectivity index (χ4v) is 4.61. The number of hydrogen-bond acceptors (Lipinski definition) is 5. The van der Waals surface area contributed by atoms with Gasteiger partial charge in [0, 0.05) is 11.3 Å². The van der Waals surface area contributed by atoms with E-state index in [2.05, 4.69) is 14.7 Å². The van der Waals surface area contributed by atoms with E-state index in [-0.39, 0.29) is 4.90 Å². The molecule has 4 aromatic rings. The number of nitrogens with zero attached hydrogens (tertiary/aromatic N) is 1. The van der Waals surface area contributed by atoms with Crippen molar-refractivity contribution in [1.29, 1.82) is 0 Å². The monoisotopic (exact) mass is 468 g/mol. The van der Waals surface area contributed by atoms with Crippen molar-refractivity contribution in [2.24, 2.45) is 5.14 Å². The molecule has 4 rings (SSSR count). The average Bonchev–Trinajstić information content (AvgIpc) is 3.14. The Morgan fingerprint density at radius 1 is 0.938 bits per heavy atom. The third-order valence-electron chi connectivity index (χ3n) is 4.65. The molecule has 0 radical (unpaired) electrons. The Balaban J connectivity index is 1.61. The van der Waals surface area contributed by atoms with Crippen LogP contribution in [0.5, 0.6) is 0 Å². The van der Waals surface area contributed by atoms with Gasteiger partial charge in [0.05, 0.1) is 22.2 Å². The number of H-pyrrole nitrogens is 1. The van der Waals surface area contributed by atoms with Crippen molar-refractivity contribution in [2.45, 2.75) is 4.90 Å². The number of aromatic amines is 1. The van der Waals surface area contributed by atoms with Crippen molar-refractivity contribution in [3.05, 3.63) is 78.1 Å². The van der Waals surface area contributed by atoms with Gasteiger partial charge in [0.2, 0.25) is 20.0 Å². The van der Waals surface area contributed by atoms with Crippen LogP contribution in [0.15, 0.2) is 71.6 Å².